The van der Waals surface area contributed by atoms with E-state index in [1.54, 1.807) is 0 Å². The maximum atomic E-state index is 11.3. The van der Waals surface area contributed by atoms with Crippen molar-refractivity contribution < 1.29 is 23.2 Å². The van der Waals surface area contributed by atoms with Gasteiger partial charge in [0.05, 0.1) is 18.8 Å². The van der Waals surface area contributed by atoms with Crippen LogP contribution in [0.3, 0.4) is 0 Å². The van der Waals surface area contributed by atoms with Gasteiger partial charge in [0, 0.05) is 24.7 Å². The molecular weight excluding hydrogens is 462 g/mol. The van der Waals surface area contributed by atoms with Crippen LogP contribution in [0.5, 0.6) is 0 Å². The lowest BCUT2D eigenvalue weighted by atomic mass is 10.0. The van der Waals surface area contributed by atoms with Crippen LogP contribution in [0.4, 0.5) is 0 Å². The lowest BCUT2D eigenvalue weighted by molar-refractivity contribution is -0.0557. The van der Waals surface area contributed by atoms with Crippen LogP contribution < -0.4 is 0 Å². The Hall–Kier alpha value is -1.01. The minimum absolute atomic E-state index is 0.162. The van der Waals surface area contributed by atoms with Crippen LogP contribution in [0.1, 0.15) is 73.6 Å². The molecular formula is C26H45NO5Si2. The molecule has 34 heavy (non-hydrogen) atoms. The second-order valence-electron chi connectivity index (χ2n) is 11.1. The van der Waals surface area contributed by atoms with E-state index in [4.69, 9.17) is 13.0 Å². The molecule has 192 valence electrons. The van der Waals surface area contributed by atoms with Crippen molar-refractivity contribution in [1.82, 2.24) is 4.57 Å². The molecule has 8 heteroatoms. The number of aliphatic hydroxyl groups excluding tert-OH is 2. The quantitative estimate of drug-likeness (QED) is 0.455. The largest absolute Gasteiger partial charge is 0.414 e. The van der Waals surface area contributed by atoms with E-state index in [-0.39, 0.29) is 35.2 Å². The monoisotopic (exact) mass is 507 g/mol. The Labute approximate surface area is 207 Å². The van der Waals surface area contributed by atoms with Crippen LogP contribution >= 0.6 is 0 Å². The highest BCUT2D eigenvalue weighted by Gasteiger charge is 2.58. The van der Waals surface area contributed by atoms with E-state index >= 15 is 0 Å². The molecule has 1 aromatic carbocycles. The zero-order chi connectivity index (χ0) is 25.4. The van der Waals surface area contributed by atoms with Gasteiger partial charge in [-0.15, -0.1) is 0 Å². The fourth-order valence-electron chi connectivity index (χ4n) is 5.53. The predicted molar refractivity (Wildman–Crippen MR) is 142 cm³/mol. The van der Waals surface area contributed by atoms with Gasteiger partial charge in [-0.1, -0.05) is 73.6 Å². The second-order valence-corrected chi connectivity index (χ2v) is 20.0. The van der Waals surface area contributed by atoms with E-state index in [0.717, 1.165) is 16.6 Å². The third-order valence-electron chi connectivity index (χ3n) is 7.57. The number of para-hydroxylation sites is 1. The van der Waals surface area contributed by atoms with Crippen molar-refractivity contribution in [3.63, 3.8) is 0 Å². The summed E-state index contributed by atoms with van der Waals surface area (Å²) in [7, 11) is -3.55. The number of hydrogen-bond donors (Lipinski definition) is 2. The number of rotatable bonds is 7. The van der Waals surface area contributed by atoms with Gasteiger partial charge in [-0.3, -0.25) is 0 Å². The maximum Gasteiger partial charge on any atom is 0.335 e. The van der Waals surface area contributed by atoms with E-state index < -0.39 is 35.4 Å². The second kappa shape index (κ2) is 10.5. The fraction of sp³-hybridized carbons (Fsp3) is 0.692. The van der Waals surface area contributed by atoms with Crippen LogP contribution in [0.2, 0.25) is 22.2 Å². The minimum atomic E-state index is -2.84. The molecule has 3 rings (SSSR count). The Morgan fingerprint density at radius 3 is 2.03 bits per heavy atom. The van der Waals surface area contributed by atoms with Crippen molar-refractivity contribution in [2.45, 2.75) is 102 Å². The summed E-state index contributed by atoms with van der Waals surface area (Å²) in [4.78, 5) is 0. The molecule has 1 saturated heterocycles. The van der Waals surface area contributed by atoms with Crippen LogP contribution in [-0.4, -0.2) is 50.7 Å². The van der Waals surface area contributed by atoms with Gasteiger partial charge in [-0.05, 0) is 39.7 Å². The van der Waals surface area contributed by atoms with Gasteiger partial charge in [0.1, 0.15) is 6.10 Å². The summed E-state index contributed by atoms with van der Waals surface area (Å²) >= 11 is 0. The summed E-state index contributed by atoms with van der Waals surface area (Å²) < 4.78 is 22.7. The average Bonchev–Trinajstić information content (AvgIpc) is 3.09. The number of aromatic nitrogens is 1. The van der Waals surface area contributed by atoms with Gasteiger partial charge in [-0.25, -0.2) is 0 Å². The maximum absolute atomic E-state index is 11.3. The molecule has 6 nitrogen and oxygen atoms in total. The van der Waals surface area contributed by atoms with Gasteiger partial charge >= 0.3 is 17.1 Å². The van der Waals surface area contributed by atoms with Crippen LogP contribution in [0, 0.1) is 0 Å². The molecule has 1 aliphatic heterocycles. The number of fused-ring (bicyclic) bond motifs is 1. The molecule has 0 radical (unpaired) electrons. The Morgan fingerprint density at radius 1 is 0.941 bits per heavy atom. The molecule has 3 atom stereocenters. The first-order chi connectivity index (χ1) is 15.9. The molecule has 0 bridgehead atoms. The number of aryl methyl sites for hydroxylation is 1. The molecule has 1 fully saturated rings. The fourth-order valence-corrected chi connectivity index (χ4v) is 16.8. The van der Waals surface area contributed by atoms with Crippen LogP contribution in [0.25, 0.3) is 10.9 Å². The Bertz CT molecular complexity index is 942. The van der Waals surface area contributed by atoms with E-state index in [0.29, 0.717) is 0 Å². The van der Waals surface area contributed by atoms with E-state index in [2.05, 4.69) is 55.4 Å². The topological polar surface area (TPSA) is 73.1 Å². The summed E-state index contributed by atoms with van der Waals surface area (Å²) in [5.74, 6) is 0. The summed E-state index contributed by atoms with van der Waals surface area (Å²) in [5.41, 5.74) is 2.68. The minimum Gasteiger partial charge on any atom is -0.414 e. The van der Waals surface area contributed by atoms with Crippen LogP contribution in [-0.2, 0) is 20.0 Å². The number of aliphatic hydroxyl groups is 2. The van der Waals surface area contributed by atoms with E-state index in [9.17, 15) is 10.2 Å². The Kier molecular flexibility index (Phi) is 8.55. The standard InChI is InChI=1S/C26H45NO5Si2/c1-17(2)33(18(3)4)30-16-25(29)26(31-34(32-33,19(5)6)20(7)8)15-24(28)23-14-21-12-10-11-13-22(21)27(23)9/h10-14,17-20,24-26,28-29H,15-16H2,1-9H3/t24?,25-,26+/m1/s1. The zero-order valence-electron chi connectivity index (χ0n) is 22.4. The molecule has 0 aliphatic carbocycles. The van der Waals surface area contributed by atoms with E-state index in [1.165, 1.54) is 0 Å². The zero-order valence-corrected chi connectivity index (χ0v) is 24.4. The SMILES string of the molecule is CC(C)[Si]1(C(C)C)OC[C@@H](O)[C@H](CC(O)c2cc3ccccc3n2C)O[Si](C(C)C)(C(C)C)O1. The van der Waals surface area contributed by atoms with Crippen molar-refractivity contribution in [1.29, 1.82) is 0 Å². The van der Waals surface area contributed by atoms with Crippen molar-refractivity contribution in [2.75, 3.05) is 6.61 Å². The summed E-state index contributed by atoms with van der Waals surface area (Å²) in [6, 6.07) is 10.1. The van der Waals surface area contributed by atoms with Gasteiger partial charge in [-0.2, -0.15) is 0 Å². The van der Waals surface area contributed by atoms with Crippen molar-refractivity contribution in [3.8, 4) is 0 Å². The van der Waals surface area contributed by atoms with Gasteiger partial charge in [0.2, 0.25) is 0 Å². The number of nitrogens with zero attached hydrogens (tertiary/aromatic N) is 1. The number of hydrogen-bond acceptors (Lipinski definition) is 5. The highest BCUT2D eigenvalue weighted by atomic mass is 28.5. The normalized spacial score (nSPS) is 24.2. The Balaban J connectivity index is 1.98. The van der Waals surface area contributed by atoms with Gasteiger partial charge in [0.15, 0.2) is 0 Å². The van der Waals surface area contributed by atoms with Gasteiger partial charge < -0.3 is 27.7 Å². The lowest BCUT2D eigenvalue weighted by Crippen LogP contribution is -2.65. The third-order valence-corrected chi connectivity index (χ3v) is 17.8. The first kappa shape index (κ1) is 27.6. The predicted octanol–water partition coefficient (Wildman–Crippen LogP) is 5.92. The first-order valence-electron chi connectivity index (χ1n) is 12.8. The molecule has 1 aliphatic rings. The van der Waals surface area contributed by atoms with Crippen LogP contribution in [0.15, 0.2) is 30.3 Å². The molecule has 1 unspecified atom stereocenters. The lowest BCUT2D eigenvalue weighted by Gasteiger charge is -2.51. The van der Waals surface area contributed by atoms with Crippen molar-refractivity contribution >= 4 is 28.0 Å². The van der Waals surface area contributed by atoms with Crippen molar-refractivity contribution in [3.05, 3.63) is 36.0 Å². The molecule has 0 saturated carbocycles. The average molecular weight is 508 g/mol. The van der Waals surface area contributed by atoms with Crippen molar-refractivity contribution in [2.24, 2.45) is 7.05 Å². The molecule has 0 spiro atoms. The highest BCUT2D eigenvalue weighted by molar-refractivity contribution is 6.83. The third kappa shape index (κ3) is 4.96. The summed E-state index contributed by atoms with van der Waals surface area (Å²) in [6.07, 6.45) is -1.90. The van der Waals surface area contributed by atoms with E-state index in [1.807, 2.05) is 41.9 Å². The summed E-state index contributed by atoms with van der Waals surface area (Å²) in [6.45, 7) is 17.5. The highest BCUT2D eigenvalue weighted by Crippen LogP contribution is 2.46. The first-order valence-corrected chi connectivity index (χ1v) is 16.7. The molecule has 2 aromatic rings. The van der Waals surface area contributed by atoms with Gasteiger partial charge in [0.25, 0.3) is 0 Å². The smallest absolute Gasteiger partial charge is 0.335 e. The molecule has 1 aromatic heterocycles. The molecule has 2 N–H and O–H groups in total. The Morgan fingerprint density at radius 2 is 1.50 bits per heavy atom. The molecule has 0 amide bonds. The summed E-state index contributed by atoms with van der Waals surface area (Å²) in [5, 5.41) is 23.7. The number of benzene rings is 1. The molecule has 2 heterocycles.